The van der Waals surface area contributed by atoms with Crippen molar-refractivity contribution in [3.05, 3.63) is 45.9 Å². The molecular weight excluding hydrogens is 260 g/mol. The van der Waals surface area contributed by atoms with Crippen LogP contribution in [0.1, 0.15) is 11.3 Å². The lowest BCUT2D eigenvalue weighted by Gasteiger charge is -2.06. The fraction of sp³-hybridized carbons (Fsp3) is 0.286. The summed E-state index contributed by atoms with van der Waals surface area (Å²) in [4.78, 5) is 20.3. The van der Waals surface area contributed by atoms with Gasteiger partial charge in [0, 0.05) is 34.7 Å². The molecule has 0 radical (unpaired) electrons. The average molecular weight is 276 g/mol. The van der Waals surface area contributed by atoms with Crippen molar-refractivity contribution in [2.45, 2.75) is 18.2 Å². The molecule has 0 saturated carbocycles. The highest BCUT2D eigenvalue weighted by Crippen LogP contribution is 2.20. The number of aromatic nitrogens is 2. The molecule has 0 saturated heterocycles. The average Bonchev–Trinajstić information content (AvgIpc) is 2.43. The number of hydrogen-bond acceptors (Lipinski definition) is 4. The molecule has 1 heterocycles. The molecule has 0 unspecified atom stereocenters. The second kappa shape index (κ2) is 6.04. The van der Waals surface area contributed by atoms with Crippen molar-refractivity contribution >= 4 is 11.8 Å². The smallest absolute Gasteiger partial charge is 0.254 e. The molecule has 5 heteroatoms. The maximum absolute atomic E-state index is 11.9. The summed E-state index contributed by atoms with van der Waals surface area (Å²) < 4.78 is 0. The zero-order chi connectivity index (χ0) is 13.8. The molecule has 1 aromatic carbocycles. The van der Waals surface area contributed by atoms with E-state index in [1.54, 1.807) is 18.7 Å². The van der Waals surface area contributed by atoms with E-state index in [0.29, 0.717) is 23.5 Å². The first-order chi connectivity index (χ1) is 9.15. The maximum Gasteiger partial charge on any atom is 0.254 e. The molecule has 0 amide bonds. The number of aliphatic hydroxyl groups excluding tert-OH is 1. The summed E-state index contributed by atoms with van der Waals surface area (Å²) in [5.74, 6) is 0.567. The third kappa shape index (κ3) is 3.05. The Kier molecular flexibility index (Phi) is 4.39. The van der Waals surface area contributed by atoms with E-state index in [0.717, 1.165) is 5.56 Å². The third-order valence-corrected chi connectivity index (χ3v) is 3.69. The van der Waals surface area contributed by atoms with Crippen LogP contribution in [0.15, 0.2) is 34.0 Å². The SMILES string of the molecule is CSc1ccc(-c2nc(C)c(CCO)c(=O)[nH]2)cc1. The van der Waals surface area contributed by atoms with Gasteiger partial charge in [0.2, 0.25) is 0 Å². The van der Waals surface area contributed by atoms with E-state index in [1.807, 2.05) is 30.5 Å². The number of benzene rings is 1. The topological polar surface area (TPSA) is 66.0 Å². The molecule has 2 rings (SSSR count). The number of aryl methyl sites for hydroxylation is 1. The molecule has 0 aliphatic heterocycles. The Hall–Kier alpha value is -1.59. The molecule has 4 nitrogen and oxygen atoms in total. The molecule has 0 bridgehead atoms. The van der Waals surface area contributed by atoms with Crippen LogP contribution in [0.25, 0.3) is 11.4 Å². The summed E-state index contributed by atoms with van der Waals surface area (Å²) in [5, 5.41) is 8.93. The summed E-state index contributed by atoms with van der Waals surface area (Å²) in [7, 11) is 0. The first-order valence-corrected chi connectivity index (χ1v) is 7.23. The lowest BCUT2D eigenvalue weighted by atomic mass is 10.1. The van der Waals surface area contributed by atoms with Gasteiger partial charge in [-0.1, -0.05) is 12.1 Å². The van der Waals surface area contributed by atoms with Crippen LogP contribution >= 0.6 is 11.8 Å². The lowest BCUT2D eigenvalue weighted by molar-refractivity contribution is 0.298. The third-order valence-electron chi connectivity index (χ3n) is 2.95. The van der Waals surface area contributed by atoms with Crippen LogP contribution in [0.2, 0.25) is 0 Å². The molecule has 1 aromatic heterocycles. The van der Waals surface area contributed by atoms with Gasteiger partial charge < -0.3 is 10.1 Å². The molecule has 0 fully saturated rings. The summed E-state index contributed by atoms with van der Waals surface area (Å²) in [6.07, 6.45) is 2.35. The second-order valence-corrected chi connectivity index (χ2v) is 5.06. The molecular formula is C14H16N2O2S. The summed E-state index contributed by atoms with van der Waals surface area (Å²) in [6, 6.07) is 7.87. The molecule has 100 valence electrons. The Labute approximate surface area is 115 Å². The molecule has 19 heavy (non-hydrogen) atoms. The summed E-state index contributed by atoms with van der Waals surface area (Å²) in [5.41, 5.74) is 1.92. The highest BCUT2D eigenvalue weighted by atomic mass is 32.2. The summed E-state index contributed by atoms with van der Waals surface area (Å²) in [6.45, 7) is 1.74. The number of nitrogens with one attached hydrogen (secondary N) is 1. The predicted octanol–water partition coefficient (Wildman–Crippen LogP) is 2.00. The number of rotatable bonds is 4. The fourth-order valence-corrected chi connectivity index (χ4v) is 2.31. The van der Waals surface area contributed by atoms with Gasteiger partial charge in [-0.2, -0.15) is 0 Å². The van der Waals surface area contributed by atoms with Gasteiger partial charge in [-0.25, -0.2) is 4.98 Å². The minimum atomic E-state index is -0.175. The number of aromatic amines is 1. The van der Waals surface area contributed by atoms with Crippen LogP contribution in [0.4, 0.5) is 0 Å². The van der Waals surface area contributed by atoms with Gasteiger partial charge in [0.05, 0.1) is 0 Å². The number of nitrogens with zero attached hydrogens (tertiary/aromatic N) is 1. The van der Waals surface area contributed by atoms with E-state index in [4.69, 9.17) is 5.11 Å². The normalized spacial score (nSPS) is 10.7. The molecule has 2 N–H and O–H groups in total. The Bertz CT molecular complexity index is 620. The van der Waals surface area contributed by atoms with Crippen LogP contribution in [-0.4, -0.2) is 27.9 Å². The van der Waals surface area contributed by atoms with Crippen molar-refractivity contribution in [1.29, 1.82) is 0 Å². The molecule has 2 aromatic rings. The van der Waals surface area contributed by atoms with Gasteiger partial charge in [-0.3, -0.25) is 4.79 Å². The van der Waals surface area contributed by atoms with Crippen LogP contribution in [0, 0.1) is 6.92 Å². The van der Waals surface area contributed by atoms with Gasteiger partial charge >= 0.3 is 0 Å². The van der Waals surface area contributed by atoms with Crippen molar-refractivity contribution in [3.63, 3.8) is 0 Å². The monoisotopic (exact) mass is 276 g/mol. The second-order valence-electron chi connectivity index (χ2n) is 4.18. The van der Waals surface area contributed by atoms with E-state index in [9.17, 15) is 4.79 Å². The minimum absolute atomic E-state index is 0.0482. The number of H-pyrrole nitrogens is 1. The van der Waals surface area contributed by atoms with Crippen molar-refractivity contribution in [1.82, 2.24) is 9.97 Å². The van der Waals surface area contributed by atoms with E-state index in [1.165, 1.54) is 4.90 Å². The Morgan fingerprint density at radius 1 is 1.32 bits per heavy atom. The van der Waals surface area contributed by atoms with Crippen LogP contribution in [-0.2, 0) is 6.42 Å². The molecule has 0 spiro atoms. The van der Waals surface area contributed by atoms with Gasteiger partial charge in [-0.05, 0) is 25.3 Å². The van der Waals surface area contributed by atoms with Crippen LogP contribution in [0.3, 0.4) is 0 Å². The summed E-state index contributed by atoms with van der Waals surface area (Å²) >= 11 is 1.67. The Balaban J connectivity index is 2.42. The quantitative estimate of drug-likeness (QED) is 0.838. The van der Waals surface area contributed by atoms with Crippen molar-refractivity contribution in [2.75, 3.05) is 12.9 Å². The van der Waals surface area contributed by atoms with Gasteiger partial charge in [0.1, 0.15) is 5.82 Å². The number of aliphatic hydroxyl groups is 1. The standard InChI is InChI=1S/C14H16N2O2S/c1-9-12(7-8-17)14(18)16-13(15-9)10-3-5-11(19-2)6-4-10/h3-6,17H,7-8H2,1-2H3,(H,15,16,18). The van der Waals surface area contributed by atoms with Crippen LogP contribution in [0.5, 0.6) is 0 Å². The van der Waals surface area contributed by atoms with Gasteiger partial charge in [-0.15, -0.1) is 11.8 Å². The first-order valence-electron chi connectivity index (χ1n) is 6.00. The molecule has 0 aliphatic rings. The highest BCUT2D eigenvalue weighted by molar-refractivity contribution is 7.98. The van der Waals surface area contributed by atoms with Gasteiger partial charge in [0.25, 0.3) is 5.56 Å². The van der Waals surface area contributed by atoms with Crippen molar-refractivity contribution < 1.29 is 5.11 Å². The van der Waals surface area contributed by atoms with E-state index in [2.05, 4.69) is 9.97 Å². The zero-order valence-corrected chi connectivity index (χ0v) is 11.8. The van der Waals surface area contributed by atoms with Gasteiger partial charge in [0.15, 0.2) is 0 Å². The highest BCUT2D eigenvalue weighted by Gasteiger charge is 2.08. The van der Waals surface area contributed by atoms with Crippen LogP contribution < -0.4 is 5.56 Å². The Morgan fingerprint density at radius 2 is 2.00 bits per heavy atom. The van der Waals surface area contributed by atoms with E-state index >= 15 is 0 Å². The number of hydrogen-bond donors (Lipinski definition) is 2. The molecule has 0 atom stereocenters. The maximum atomic E-state index is 11.9. The minimum Gasteiger partial charge on any atom is -0.396 e. The molecule has 0 aliphatic carbocycles. The Morgan fingerprint density at radius 3 is 2.53 bits per heavy atom. The van der Waals surface area contributed by atoms with Crippen molar-refractivity contribution in [3.8, 4) is 11.4 Å². The lowest BCUT2D eigenvalue weighted by Crippen LogP contribution is -2.18. The largest absolute Gasteiger partial charge is 0.396 e. The van der Waals surface area contributed by atoms with E-state index < -0.39 is 0 Å². The first kappa shape index (κ1) is 13.8. The number of thioether (sulfide) groups is 1. The fourth-order valence-electron chi connectivity index (χ4n) is 1.90. The predicted molar refractivity (Wildman–Crippen MR) is 77.6 cm³/mol. The van der Waals surface area contributed by atoms with E-state index in [-0.39, 0.29) is 12.2 Å². The van der Waals surface area contributed by atoms with Crippen molar-refractivity contribution in [2.24, 2.45) is 0 Å². The zero-order valence-electron chi connectivity index (χ0n) is 10.9.